The fourth-order valence-electron chi connectivity index (χ4n) is 3.27. The molecule has 0 bridgehead atoms. The van der Waals surface area contributed by atoms with E-state index in [1.165, 1.54) is 11.3 Å². The number of hydrogen-bond acceptors (Lipinski definition) is 3. The Morgan fingerprint density at radius 3 is 2.52 bits per heavy atom. The first-order valence-electron chi connectivity index (χ1n) is 8.38. The molecule has 2 amide bonds. The third-order valence-electron chi connectivity index (χ3n) is 4.67. The summed E-state index contributed by atoms with van der Waals surface area (Å²) >= 11 is 1.46. The van der Waals surface area contributed by atoms with E-state index in [-0.39, 0.29) is 11.8 Å². The molecule has 1 aromatic carbocycles. The zero-order chi connectivity index (χ0) is 17.2. The molecule has 0 atom stereocenters. The van der Waals surface area contributed by atoms with Crippen molar-refractivity contribution < 1.29 is 9.59 Å². The summed E-state index contributed by atoms with van der Waals surface area (Å²) in [7, 11) is 0. The molecule has 3 aromatic rings. The van der Waals surface area contributed by atoms with Crippen molar-refractivity contribution in [2.75, 3.05) is 26.2 Å². The predicted molar refractivity (Wildman–Crippen MR) is 98.8 cm³/mol. The van der Waals surface area contributed by atoms with Crippen LogP contribution in [-0.4, -0.2) is 52.8 Å². The Kier molecular flexibility index (Phi) is 4.28. The average Bonchev–Trinajstić information content (AvgIpc) is 3.32. The Balaban J connectivity index is 1.37. The summed E-state index contributed by atoms with van der Waals surface area (Å²) in [4.78, 5) is 32.7. The van der Waals surface area contributed by atoms with Crippen LogP contribution in [0.4, 0.5) is 0 Å². The first kappa shape index (κ1) is 15.9. The quantitative estimate of drug-likeness (QED) is 0.787. The minimum atomic E-state index is 0.0683. The van der Waals surface area contributed by atoms with Crippen LogP contribution in [0.25, 0.3) is 10.9 Å². The molecular weight excluding hydrogens is 334 g/mol. The lowest BCUT2D eigenvalue weighted by atomic mass is 10.1. The van der Waals surface area contributed by atoms with Crippen molar-refractivity contribution in [1.29, 1.82) is 0 Å². The number of carbonyl (C=O) groups is 2. The maximum absolute atomic E-state index is 12.6. The van der Waals surface area contributed by atoms with E-state index < -0.39 is 0 Å². The van der Waals surface area contributed by atoms with Crippen molar-refractivity contribution in [1.82, 2.24) is 14.8 Å². The van der Waals surface area contributed by atoms with E-state index >= 15 is 0 Å². The molecule has 128 valence electrons. The van der Waals surface area contributed by atoms with Gasteiger partial charge in [-0.25, -0.2) is 0 Å². The minimum Gasteiger partial charge on any atom is -0.361 e. The molecule has 1 aliphatic heterocycles. The maximum atomic E-state index is 12.6. The van der Waals surface area contributed by atoms with Crippen molar-refractivity contribution >= 4 is 34.1 Å². The number of benzene rings is 1. The van der Waals surface area contributed by atoms with Crippen LogP contribution in [0.15, 0.2) is 48.0 Å². The number of H-pyrrole nitrogens is 1. The lowest BCUT2D eigenvalue weighted by Crippen LogP contribution is -2.50. The first-order chi connectivity index (χ1) is 12.2. The van der Waals surface area contributed by atoms with Crippen LogP contribution in [0, 0.1) is 0 Å². The van der Waals surface area contributed by atoms with E-state index in [9.17, 15) is 9.59 Å². The van der Waals surface area contributed by atoms with E-state index in [4.69, 9.17) is 0 Å². The molecule has 0 radical (unpaired) electrons. The van der Waals surface area contributed by atoms with Gasteiger partial charge in [0.25, 0.3) is 5.91 Å². The van der Waals surface area contributed by atoms with Gasteiger partial charge in [-0.3, -0.25) is 9.59 Å². The summed E-state index contributed by atoms with van der Waals surface area (Å²) in [5, 5.41) is 3.01. The van der Waals surface area contributed by atoms with Gasteiger partial charge in [0, 0.05) is 43.3 Å². The third-order valence-corrected chi connectivity index (χ3v) is 5.53. The number of piperazine rings is 1. The van der Waals surface area contributed by atoms with E-state index in [1.54, 1.807) is 0 Å². The molecule has 0 aliphatic carbocycles. The Morgan fingerprint density at radius 1 is 1.00 bits per heavy atom. The van der Waals surface area contributed by atoms with E-state index in [1.807, 2.05) is 57.8 Å². The van der Waals surface area contributed by atoms with Crippen LogP contribution >= 0.6 is 11.3 Å². The average molecular weight is 353 g/mol. The van der Waals surface area contributed by atoms with Gasteiger partial charge in [0.2, 0.25) is 5.91 Å². The highest BCUT2D eigenvalue weighted by Gasteiger charge is 2.25. The number of nitrogens with one attached hydrogen (secondary N) is 1. The second-order valence-electron chi connectivity index (χ2n) is 6.19. The monoisotopic (exact) mass is 353 g/mol. The fourth-order valence-corrected chi connectivity index (χ4v) is 3.96. The molecule has 2 aromatic heterocycles. The van der Waals surface area contributed by atoms with Gasteiger partial charge in [-0.15, -0.1) is 11.3 Å². The maximum Gasteiger partial charge on any atom is 0.264 e. The SMILES string of the molecule is O=C(Cc1c[nH]c2ccccc12)N1CCN(C(=O)c2cccs2)CC1. The van der Waals surface area contributed by atoms with Crippen molar-refractivity contribution in [2.24, 2.45) is 0 Å². The summed E-state index contributed by atoms with van der Waals surface area (Å²) in [5.74, 6) is 0.187. The molecule has 6 heteroatoms. The topological polar surface area (TPSA) is 56.4 Å². The Bertz CT molecular complexity index is 892. The number of para-hydroxylation sites is 1. The van der Waals surface area contributed by atoms with E-state index in [0.29, 0.717) is 32.6 Å². The summed E-state index contributed by atoms with van der Waals surface area (Å²) in [5.41, 5.74) is 2.08. The number of thiophene rings is 1. The van der Waals surface area contributed by atoms with Gasteiger partial charge in [-0.2, -0.15) is 0 Å². The molecule has 0 unspecified atom stereocenters. The van der Waals surface area contributed by atoms with Gasteiger partial charge >= 0.3 is 0 Å². The first-order valence-corrected chi connectivity index (χ1v) is 9.26. The Hall–Kier alpha value is -2.60. The molecule has 1 saturated heterocycles. The van der Waals surface area contributed by atoms with Gasteiger partial charge in [0.05, 0.1) is 11.3 Å². The highest BCUT2D eigenvalue weighted by Crippen LogP contribution is 2.19. The van der Waals surface area contributed by atoms with Crippen LogP contribution in [0.3, 0.4) is 0 Å². The number of amides is 2. The van der Waals surface area contributed by atoms with Gasteiger partial charge in [-0.1, -0.05) is 24.3 Å². The molecule has 5 nitrogen and oxygen atoms in total. The standard InChI is InChI=1S/C19H19N3O2S/c23-18(12-14-13-20-16-5-2-1-4-15(14)16)21-7-9-22(10-8-21)19(24)17-6-3-11-25-17/h1-6,11,13,20H,7-10,12H2. The molecule has 3 heterocycles. The smallest absolute Gasteiger partial charge is 0.264 e. The second-order valence-corrected chi connectivity index (χ2v) is 7.13. The molecule has 0 spiro atoms. The van der Waals surface area contributed by atoms with Crippen molar-refractivity contribution in [3.63, 3.8) is 0 Å². The van der Waals surface area contributed by atoms with Crippen LogP contribution in [-0.2, 0) is 11.2 Å². The van der Waals surface area contributed by atoms with E-state index in [0.717, 1.165) is 21.3 Å². The van der Waals surface area contributed by atoms with Crippen molar-refractivity contribution in [3.05, 3.63) is 58.4 Å². The normalized spacial score (nSPS) is 14.9. The van der Waals surface area contributed by atoms with Crippen LogP contribution in [0.5, 0.6) is 0 Å². The lowest BCUT2D eigenvalue weighted by Gasteiger charge is -2.34. The summed E-state index contributed by atoms with van der Waals surface area (Å²) < 4.78 is 0. The van der Waals surface area contributed by atoms with Crippen LogP contribution in [0.1, 0.15) is 15.2 Å². The largest absolute Gasteiger partial charge is 0.361 e. The number of aromatic amines is 1. The highest BCUT2D eigenvalue weighted by molar-refractivity contribution is 7.12. The molecule has 25 heavy (non-hydrogen) atoms. The summed E-state index contributed by atoms with van der Waals surface area (Å²) in [6.45, 7) is 2.38. The summed E-state index contributed by atoms with van der Waals surface area (Å²) in [6.07, 6.45) is 2.31. The zero-order valence-electron chi connectivity index (χ0n) is 13.8. The van der Waals surface area contributed by atoms with Gasteiger partial charge in [0.15, 0.2) is 0 Å². The zero-order valence-corrected chi connectivity index (χ0v) is 14.6. The lowest BCUT2D eigenvalue weighted by molar-refractivity contribution is -0.131. The highest BCUT2D eigenvalue weighted by atomic mass is 32.1. The van der Waals surface area contributed by atoms with Gasteiger partial charge < -0.3 is 14.8 Å². The number of rotatable bonds is 3. The van der Waals surface area contributed by atoms with Crippen LogP contribution < -0.4 is 0 Å². The number of fused-ring (bicyclic) bond motifs is 1. The fraction of sp³-hybridized carbons (Fsp3) is 0.263. The molecular formula is C19H19N3O2S. The number of hydrogen-bond donors (Lipinski definition) is 1. The predicted octanol–water partition coefficient (Wildman–Crippen LogP) is 2.76. The second kappa shape index (κ2) is 6.72. The number of aromatic nitrogens is 1. The van der Waals surface area contributed by atoms with Crippen molar-refractivity contribution in [2.45, 2.75) is 6.42 Å². The minimum absolute atomic E-state index is 0.0683. The molecule has 1 aliphatic rings. The van der Waals surface area contributed by atoms with Gasteiger partial charge in [0.1, 0.15) is 0 Å². The molecule has 4 rings (SSSR count). The van der Waals surface area contributed by atoms with E-state index in [2.05, 4.69) is 4.98 Å². The Labute approximate surface area is 149 Å². The third kappa shape index (κ3) is 3.17. The molecule has 1 fully saturated rings. The van der Waals surface area contributed by atoms with Crippen LogP contribution in [0.2, 0.25) is 0 Å². The molecule has 0 saturated carbocycles. The van der Waals surface area contributed by atoms with Crippen molar-refractivity contribution in [3.8, 4) is 0 Å². The molecule has 1 N–H and O–H groups in total. The summed E-state index contributed by atoms with van der Waals surface area (Å²) in [6, 6.07) is 11.7. The van der Waals surface area contributed by atoms with Gasteiger partial charge in [-0.05, 0) is 23.1 Å². The number of nitrogens with zero attached hydrogens (tertiary/aromatic N) is 2. The Morgan fingerprint density at radius 2 is 1.76 bits per heavy atom. The number of carbonyl (C=O) groups excluding carboxylic acids is 2.